The van der Waals surface area contributed by atoms with E-state index in [0.717, 1.165) is 44.3 Å². The molecule has 3 saturated heterocycles. The molecule has 1 saturated carbocycles. The maximum atomic E-state index is 14.7. The summed E-state index contributed by atoms with van der Waals surface area (Å²) < 4.78 is 271. The number of aliphatic hydroxyl groups is 6. The molecule has 4 fully saturated rings. The molecule has 41 nitrogen and oxygen atoms in total. The Morgan fingerprint density at radius 3 is 1.23 bits per heavy atom. The number of carbonyl (C=O) groups excluding carboxylic acids is 3. The number of carboxylic acids is 7. The number of aromatic amines is 1. The number of alkyl halides is 21. The fourth-order valence-electron chi connectivity index (χ4n) is 12.5. The number of benzene rings is 4. The van der Waals surface area contributed by atoms with Crippen molar-refractivity contribution in [3.63, 3.8) is 0 Å². The van der Waals surface area contributed by atoms with Gasteiger partial charge in [0.2, 0.25) is 5.91 Å². The number of hydrogen-bond donors (Lipinski definition) is 23. The highest BCUT2D eigenvalue weighted by Gasteiger charge is 2.56. The molecule has 0 spiro atoms. The van der Waals surface area contributed by atoms with Crippen molar-refractivity contribution in [1.82, 2.24) is 20.9 Å². The van der Waals surface area contributed by atoms with Gasteiger partial charge in [-0.05, 0) is 71.7 Å². The number of halogens is 21. The minimum atomic E-state index is -5.08. The van der Waals surface area contributed by atoms with E-state index in [1.165, 1.54) is 0 Å². The summed E-state index contributed by atoms with van der Waals surface area (Å²) in [6.07, 6.45) is -54.6. The van der Waals surface area contributed by atoms with Gasteiger partial charge in [-0.2, -0.15) is 92.2 Å². The minimum absolute atomic E-state index is 0.0240. The standard InChI is InChI=1S/C62H84N10O17.7C2HF3O2/c63-24-43-49(74)51(76)46(67)59(84-43)87-54-39(66)23-38(65)48(73)56(54)89-61-53(78)55(88-60-47(68)52(77)50(75)44(25-64)85-60)45(86-61)27-69-21-11-10-20-41(72-62(81)83-29-37-35-17-6-4-15-33(35)34-16-5-7-18-36(34)37)57(79)71-42(58(80)82-28-30-12-2-1-3-13-30)22-31-26-70-40-19-9-8-14-32(31)40;7*3-2(4,5)1(6)7/h1-9,12-19,26,37-39,41-56,59-61,69-70,73-78H,10-11,20-25,27-29,63-68H2,(H,71,79)(H,72,81);7*(H,6,7)/t38-,39+,41+,42+,43-,44-,45-,46-,47+,48+,49-,50+,51-,52+,53-,54-,55-,56-,59-,60?,61+;;;;;;;/m1......./s1. The number of hydrogen-bond acceptors (Lipinski definition) is 31. The second kappa shape index (κ2) is 53.2. The van der Waals surface area contributed by atoms with Crippen molar-refractivity contribution in [2.75, 3.05) is 32.8 Å². The molecule has 4 heterocycles. The lowest BCUT2D eigenvalue weighted by Gasteiger charge is -2.47. The van der Waals surface area contributed by atoms with Crippen molar-refractivity contribution >= 4 is 70.7 Å². The number of esters is 1. The molecule has 2 aliphatic carbocycles. The number of nitrogens with two attached hydrogens (primary N) is 6. The Balaban J connectivity index is 0.000000812. The van der Waals surface area contributed by atoms with Crippen LogP contribution in [0, 0.1) is 0 Å². The number of amides is 2. The molecule has 5 aliphatic rings. The van der Waals surface area contributed by atoms with Gasteiger partial charge >= 0.3 is 97.1 Å². The molecular weight excluding hydrogens is 1950 g/mol. The van der Waals surface area contributed by atoms with Crippen molar-refractivity contribution in [3.05, 3.63) is 132 Å². The van der Waals surface area contributed by atoms with Gasteiger partial charge in [-0.25, -0.2) is 43.2 Å². The van der Waals surface area contributed by atoms with Crippen LogP contribution in [-0.2, 0) is 94.1 Å². The molecule has 3 aliphatic heterocycles. The SMILES string of the molecule is NC[C@H]1OC(O[C@H]2[C@@H](O)[C@H](O[C@@H]3[C@@H](O)[C@H](N)C[C@H](N)[C@H]3O[C@H]3O[C@H](CN)[C@@H](O)[C@H](O)[C@H]3N)O[C@@H]2CNCCCC[C@H](NC(=O)OCC2c3ccccc3-c3ccccc32)C(=O)N[C@@H](Cc2c[nH]c3ccccc23)C(=O)OCc2ccccc2)[C@@H](N)[C@H](O)[C@H]1O.O=C(O)C(F)(F)F.O=C(O)C(F)(F)F.O=C(O)C(F)(F)F.O=C(O)C(F)(F)F.O=C(O)C(F)(F)F.O=C(O)C(F)(F)F.O=C(O)C(F)(F)F. The summed E-state index contributed by atoms with van der Waals surface area (Å²) >= 11 is 0. The quantitative estimate of drug-likeness (QED) is 0.0226. The van der Waals surface area contributed by atoms with Gasteiger partial charge in [0.05, 0.1) is 18.2 Å². The van der Waals surface area contributed by atoms with Gasteiger partial charge in [-0.15, -0.1) is 0 Å². The number of unbranched alkanes of at least 4 members (excludes halogenated alkanes) is 1. The summed E-state index contributed by atoms with van der Waals surface area (Å²) in [6.45, 7) is -0.284. The number of aliphatic hydroxyl groups excluding tert-OH is 6. The summed E-state index contributed by atoms with van der Waals surface area (Å²) in [5.41, 5.74) is 43.6. The van der Waals surface area contributed by atoms with E-state index < -0.39 is 231 Å². The van der Waals surface area contributed by atoms with Crippen LogP contribution in [0.25, 0.3) is 22.0 Å². The van der Waals surface area contributed by atoms with Crippen LogP contribution in [0.1, 0.15) is 53.9 Å². The monoisotopic (exact) mass is 2040 g/mol. The van der Waals surface area contributed by atoms with E-state index in [4.69, 9.17) is 142 Å². The number of alkyl carbamates (subject to hydrolysis) is 1. The Labute approximate surface area is 760 Å². The van der Waals surface area contributed by atoms with Gasteiger partial charge in [0.1, 0.15) is 92.4 Å². The van der Waals surface area contributed by atoms with E-state index in [9.17, 15) is 137 Å². The van der Waals surface area contributed by atoms with Gasteiger partial charge < -0.3 is 160 Å². The predicted molar refractivity (Wildman–Crippen MR) is 416 cm³/mol. The maximum absolute atomic E-state index is 14.7. The largest absolute Gasteiger partial charge is 0.490 e. The Morgan fingerprint density at radius 1 is 0.428 bits per heavy atom. The first-order valence-electron chi connectivity index (χ1n) is 39.0. The third-order valence-electron chi connectivity index (χ3n) is 19.2. The molecule has 2 amide bonds. The Kier molecular flexibility index (Phi) is 46.6. The first kappa shape index (κ1) is 121. The van der Waals surface area contributed by atoms with Crippen molar-refractivity contribution in [2.45, 2.75) is 216 Å². The van der Waals surface area contributed by atoms with E-state index in [1.54, 1.807) is 6.20 Å². The highest BCUT2D eigenvalue weighted by molar-refractivity contribution is 5.91. The summed E-state index contributed by atoms with van der Waals surface area (Å²) in [6, 6.07) is 25.6. The Morgan fingerprint density at radius 2 is 0.812 bits per heavy atom. The molecular formula is C76H91F21N10O31. The zero-order chi connectivity index (χ0) is 106. The van der Waals surface area contributed by atoms with Crippen LogP contribution in [0.5, 0.6) is 0 Å². The van der Waals surface area contributed by atoms with Crippen molar-refractivity contribution in [3.8, 4) is 11.1 Å². The molecule has 21 atom stereocenters. The lowest BCUT2D eigenvalue weighted by molar-refractivity contribution is -0.306. The fraction of sp³-hybridized carbons (Fsp3) is 0.526. The molecule has 0 radical (unpaired) electrons. The molecule has 778 valence electrons. The van der Waals surface area contributed by atoms with Crippen LogP contribution in [0.2, 0.25) is 0 Å². The van der Waals surface area contributed by atoms with Crippen molar-refractivity contribution in [2.24, 2.45) is 34.4 Å². The summed E-state index contributed by atoms with van der Waals surface area (Å²) in [7, 11) is 0. The normalized spacial score (nSPS) is 25.0. The molecule has 1 aromatic heterocycles. The van der Waals surface area contributed by atoms with E-state index in [0.29, 0.717) is 12.8 Å². The number of carboxylic acid groups (broad SMARTS) is 7. The summed E-state index contributed by atoms with van der Waals surface area (Å²) in [5, 5.41) is 126. The summed E-state index contributed by atoms with van der Waals surface area (Å²) in [4.78, 5) is 108. The van der Waals surface area contributed by atoms with Gasteiger partial charge in [0.25, 0.3) is 0 Å². The molecule has 0 bridgehead atoms. The van der Waals surface area contributed by atoms with Crippen molar-refractivity contribution < 1.29 is 244 Å². The molecule has 1 unspecified atom stereocenters. The number of aromatic nitrogens is 1. The van der Waals surface area contributed by atoms with Crippen LogP contribution in [0.4, 0.5) is 97.0 Å². The zero-order valence-corrected chi connectivity index (χ0v) is 69.9. The molecule has 62 heteroatoms. The molecule has 5 aromatic rings. The first-order chi connectivity index (χ1) is 63.5. The highest BCUT2D eigenvalue weighted by atomic mass is 19.4. The Hall–Kier alpha value is -11.3. The van der Waals surface area contributed by atoms with Crippen LogP contribution in [-0.4, -0.2) is 336 Å². The van der Waals surface area contributed by atoms with E-state index in [2.05, 4.69) is 20.9 Å². The van der Waals surface area contributed by atoms with Crippen molar-refractivity contribution in [1.29, 1.82) is 0 Å². The number of para-hydroxylation sites is 1. The van der Waals surface area contributed by atoms with Gasteiger partial charge in [-0.1, -0.05) is 97.1 Å². The predicted octanol–water partition coefficient (Wildman–Crippen LogP) is 2.16. The minimum Gasteiger partial charge on any atom is -0.475 e. The molecule has 10 rings (SSSR count). The van der Waals surface area contributed by atoms with Gasteiger partial charge in [-0.3, -0.25) is 4.79 Å². The van der Waals surface area contributed by atoms with E-state index >= 15 is 0 Å². The lowest BCUT2D eigenvalue weighted by atomic mass is 9.84. The van der Waals surface area contributed by atoms with Gasteiger partial charge in [0.15, 0.2) is 18.9 Å². The Bertz CT molecular complexity index is 4450. The molecule has 4 aromatic carbocycles. The van der Waals surface area contributed by atoms with Crippen LogP contribution < -0.4 is 50.4 Å². The highest BCUT2D eigenvalue weighted by Crippen LogP contribution is 2.45. The first-order valence-corrected chi connectivity index (χ1v) is 39.0. The number of ether oxygens (including phenoxy) is 8. The fourth-order valence-corrected chi connectivity index (χ4v) is 12.5. The number of aliphatic carboxylic acids is 7. The maximum Gasteiger partial charge on any atom is 0.490 e. The lowest BCUT2D eigenvalue weighted by Crippen LogP contribution is -2.68. The number of carbonyl (C=O) groups is 10. The van der Waals surface area contributed by atoms with Crippen LogP contribution in [0.3, 0.4) is 0 Å². The van der Waals surface area contributed by atoms with E-state index in [1.807, 2.05) is 103 Å². The third-order valence-corrected chi connectivity index (χ3v) is 19.2. The number of H-pyrrole nitrogens is 1. The van der Waals surface area contributed by atoms with Crippen LogP contribution >= 0.6 is 0 Å². The second-order valence-electron chi connectivity index (χ2n) is 29.1. The number of nitrogens with one attached hydrogen (secondary N) is 4. The average Bonchev–Trinajstić information content (AvgIpc) is 1.58. The van der Waals surface area contributed by atoms with Gasteiger partial charge in [0, 0.05) is 61.2 Å². The smallest absolute Gasteiger partial charge is 0.475 e. The summed E-state index contributed by atoms with van der Waals surface area (Å²) in [5.74, 6) is -20.9. The number of rotatable bonds is 25. The third kappa shape index (κ3) is 38.1. The number of fused-ring (bicyclic) bond motifs is 4. The van der Waals surface area contributed by atoms with E-state index in [-0.39, 0.29) is 64.6 Å². The topological polar surface area (TPSA) is 716 Å². The second-order valence-corrected chi connectivity index (χ2v) is 29.1. The zero-order valence-electron chi connectivity index (χ0n) is 69.9. The van der Waals surface area contributed by atoms with Crippen LogP contribution in [0.15, 0.2) is 109 Å². The molecule has 29 N–H and O–H groups in total. The average molecular weight is 2040 g/mol. The molecule has 138 heavy (non-hydrogen) atoms.